The van der Waals surface area contributed by atoms with Crippen molar-refractivity contribution >= 4 is 34.9 Å². The summed E-state index contributed by atoms with van der Waals surface area (Å²) >= 11 is 1.41. The van der Waals surface area contributed by atoms with Gasteiger partial charge in [0.15, 0.2) is 0 Å². The number of rotatable bonds is 10. The smallest absolute Gasteiger partial charge is 0.251 e. The Hall–Kier alpha value is -4.18. The first-order valence-corrected chi connectivity index (χ1v) is 13.7. The van der Waals surface area contributed by atoms with Gasteiger partial charge < -0.3 is 26.0 Å². The third kappa shape index (κ3) is 7.02. The molecule has 3 atom stereocenters. The Morgan fingerprint density at radius 1 is 1.08 bits per heavy atom. The summed E-state index contributed by atoms with van der Waals surface area (Å²) in [6.07, 6.45) is 1.12. The van der Waals surface area contributed by atoms with Crippen molar-refractivity contribution in [3.05, 3.63) is 87.6 Å². The lowest BCUT2D eigenvalue weighted by atomic mass is 10.1. The van der Waals surface area contributed by atoms with Gasteiger partial charge in [-0.3, -0.25) is 19.8 Å². The molecule has 9 nitrogen and oxygen atoms in total. The van der Waals surface area contributed by atoms with Crippen LogP contribution in [0.1, 0.15) is 59.2 Å². The van der Waals surface area contributed by atoms with Gasteiger partial charge in [-0.2, -0.15) is 0 Å². The van der Waals surface area contributed by atoms with Gasteiger partial charge in [-0.25, -0.2) is 0 Å². The van der Waals surface area contributed by atoms with Crippen LogP contribution in [-0.4, -0.2) is 47.1 Å². The first-order chi connectivity index (χ1) is 18.7. The van der Waals surface area contributed by atoms with E-state index < -0.39 is 6.04 Å². The van der Waals surface area contributed by atoms with E-state index in [4.69, 9.17) is 15.9 Å². The number of nitrogens with zero attached hydrogens (tertiary/aromatic N) is 1. The second-order valence-electron chi connectivity index (χ2n) is 9.55. The van der Waals surface area contributed by atoms with Gasteiger partial charge in [-0.15, -0.1) is 11.3 Å². The number of likely N-dealkylation sites (tertiary alicyclic amines) is 1. The first-order valence-electron chi connectivity index (χ1n) is 12.8. The molecule has 0 spiro atoms. The molecule has 1 aliphatic rings. The fourth-order valence-corrected chi connectivity index (χ4v) is 5.42. The van der Waals surface area contributed by atoms with Crippen LogP contribution in [0.15, 0.2) is 66.0 Å². The maximum atomic E-state index is 13.0. The zero-order valence-electron chi connectivity index (χ0n) is 22.0. The molecule has 2 heterocycles. The van der Waals surface area contributed by atoms with Gasteiger partial charge in [0.2, 0.25) is 11.8 Å². The van der Waals surface area contributed by atoms with Crippen molar-refractivity contribution in [1.82, 2.24) is 15.5 Å². The Bertz CT molecular complexity index is 1320. The fourth-order valence-electron chi connectivity index (χ4n) is 4.60. The molecule has 39 heavy (non-hydrogen) atoms. The Kier molecular flexibility index (Phi) is 8.98. The van der Waals surface area contributed by atoms with Crippen LogP contribution in [0.2, 0.25) is 0 Å². The summed E-state index contributed by atoms with van der Waals surface area (Å²) in [4.78, 5) is 41.1. The van der Waals surface area contributed by atoms with Crippen LogP contribution in [0.5, 0.6) is 5.75 Å². The number of benzene rings is 2. The van der Waals surface area contributed by atoms with Gasteiger partial charge in [-0.05, 0) is 62.6 Å². The lowest BCUT2D eigenvalue weighted by Crippen LogP contribution is -2.51. The van der Waals surface area contributed by atoms with Crippen molar-refractivity contribution < 1.29 is 19.1 Å². The lowest BCUT2D eigenvalue weighted by Gasteiger charge is -2.28. The Morgan fingerprint density at radius 3 is 2.46 bits per heavy atom. The summed E-state index contributed by atoms with van der Waals surface area (Å²) in [6, 6.07) is 17.7. The highest BCUT2D eigenvalue weighted by atomic mass is 32.1. The molecule has 3 amide bonds. The minimum Gasteiger partial charge on any atom is -0.486 e. The number of hydrogen-bond acceptors (Lipinski definition) is 6. The van der Waals surface area contributed by atoms with E-state index in [0.717, 1.165) is 10.4 Å². The van der Waals surface area contributed by atoms with Crippen LogP contribution >= 0.6 is 11.3 Å². The largest absolute Gasteiger partial charge is 0.486 e. The molecule has 3 aromatic rings. The van der Waals surface area contributed by atoms with E-state index in [0.29, 0.717) is 36.3 Å². The molecule has 1 aromatic heterocycles. The topological polar surface area (TPSA) is 138 Å². The van der Waals surface area contributed by atoms with Crippen LogP contribution in [0, 0.1) is 5.41 Å². The van der Waals surface area contributed by atoms with E-state index in [1.807, 2.05) is 44.2 Å². The van der Waals surface area contributed by atoms with Crippen LogP contribution < -0.4 is 21.1 Å². The zero-order valence-corrected chi connectivity index (χ0v) is 22.8. The molecule has 204 valence electrons. The van der Waals surface area contributed by atoms with E-state index in [9.17, 15) is 14.4 Å². The molecule has 5 N–H and O–H groups in total. The van der Waals surface area contributed by atoms with Crippen molar-refractivity contribution in [2.75, 3.05) is 6.54 Å². The predicted molar refractivity (Wildman–Crippen MR) is 151 cm³/mol. The first kappa shape index (κ1) is 27.8. The van der Waals surface area contributed by atoms with Gasteiger partial charge >= 0.3 is 0 Å². The normalized spacial score (nSPS) is 17.3. The SMILES string of the molecule is CC(Oc1ccc(C(=O)NCC(=O)N2C(C)CCC2C(=O)NCc2cc(C(=N)N)cs2)cc1)c1ccccc1. The standard InChI is InChI=1S/C29H33N5O4S/c1-18-8-13-25(29(37)32-15-24-14-22(17-39-24)27(30)31)34(18)26(35)16-33-28(36)21-9-11-23(12-10-21)38-19(2)20-6-4-3-5-7-20/h3-7,9-12,14,17-19,25H,8,13,15-16H2,1-2H3,(H3,30,31)(H,32,37)(H,33,36). The third-order valence-electron chi connectivity index (χ3n) is 6.76. The van der Waals surface area contributed by atoms with Gasteiger partial charge in [0, 0.05) is 27.4 Å². The van der Waals surface area contributed by atoms with E-state index in [1.165, 1.54) is 11.3 Å². The van der Waals surface area contributed by atoms with Crippen LogP contribution in [0.3, 0.4) is 0 Å². The van der Waals surface area contributed by atoms with Crippen LogP contribution in [-0.2, 0) is 16.1 Å². The lowest BCUT2D eigenvalue weighted by molar-refractivity contribution is -0.139. The van der Waals surface area contributed by atoms with Crippen molar-refractivity contribution in [2.24, 2.45) is 5.73 Å². The van der Waals surface area contributed by atoms with Crippen molar-refractivity contribution in [3.63, 3.8) is 0 Å². The molecular formula is C29H33N5O4S. The summed E-state index contributed by atoms with van der Waals surface area (Å²) < 4.78 is 5.96. The third-order valence-corrected chi connectivity index (χ3v) is 7.70. The van der Waals surface area contributed by atoms with E-state index in [1.54, 1.807) is 40.6 Å². The molecule has 2 aromatic carbocycles. The fraction of sp³-hybridized carbons (Fsp3) is 0.310. The van der Waals surface area contributed by atoms with Crippen LogP contribution in [0.4, 0.5) is 0 Å². The zero-order chi connectivity index (χ0) is 27.9. The monoisotopic (exact) mass is 547 g/mol. The molecule has 10 heteroatoms. The molecule has 4 rings (SSSR count). The minimum atomic E-state index is -0.598. The maximum absolute atomic E-state index is 13.0. The molecular weight excluding hydrogens is 514 g/mol. The molecule has 0 saturated carbocycles. The molecule has 1 saturated heterocycles. The number of amides is 3. The number of hydrogen-bond donors (Lipinski definition) is 4. The number of carbonyl (C=O) groups is 3. The Balaban J connectivity index is 1.28. The highest BCUT2D eigenvalue weighted by molar-refractivity contribution is 7.10. The quantitative estimate of drug-likeness (QED) is 0.227. The van der Waals surface area contributed by atoms with E-state index in [-0.39, 0.29) is 42.2 Å². The summed E-state index contributed by atoms with van der Waals surface area (Å²) in [6.45, 7) is 3.95. The molecule has 0 radical (unpaired) electrons. The second-order valence-corrected chi connectivity index (χ2v) is 10.5. The van der Waals surface area contributed by atoms with Gasteiger partial charge in [-0.1, -0.05) is 30.3 Å². The van der Waals surface area contributed by atoms with Gasteiger partial charge in [0.25, 0.3) is 5.91 Å². The number of amidine groups is 1. The number of nitrogen functional groups attached to an aromatic ring is 1. The molecule has 3 unspecified atom stereocenters. The number of nitrogens with two attached hydrogens (primary N) is 1. The Labute approximate surface area is 231 Å². The van der Waals surface area contributed by atoms with Crippen molar-refractivity contribution in [3.8, 4) is 5.75 Å². The van der Waals surface area contributed by atoms with Crippen molar-refractivity contribution in [2.45, 2.75) is 51.4 Å². The number of ether oxygens (including phenoxy) is 1. The van der Waals surface area contributed by atoms with E-state index >= 15 is 0 Å². The summed E-state index contributed by atoms with van der Waals surface area (Å²) in [5.41, 5.74) is 7.58. The van der Waals surface area contributed by atoms with Crippen molar-refractivity contribution in [1.29, 1.82) is 5.41 Å². The Morgan fingerprint density at radius 2 is 1.79 bits per heavy atom. The number of carbonyl (C=O) groups excluding carboxylic acids is 3. The average molecular weight is 548 g/mol. The average Bonchev–Trinajstić information content (AvgIpc) is 3.58. The van der Waals surface area contributed by atoms with Crippen LogP contribution in [0.25, 0.3) is 0 Å². The predicted octanol–water partition coefficient (Wildman–Crippen LogP) is 3.60. The minimum absolute atomic E-state index is 0.0193. The molecule has 1 aliphatic heterocycles. The summed E-state index contributed by atoms with van der Waals surface area (Å²) in [5.74, 6) is -0.303. The molecule has 1 fully saturated rings. The highest BCUT2D eigenvalue weighted by Crippen LogP contribution is 2.25. The second kappa shape index (κ2) is 12.6. The summed E-state index contributed by atoms with van der Waals surface area (Å²) in [7, 11) is 0. The van der Waals surface area contributed by atoms with Gasteiger partial charge in [0.1, 0.15) is 23.7 Å². The maximum Gasteiger partial charge on any atom is 0.251 e. The molecule has 0 bridgehead atoms. The van der Waals surface area contributed by atoms with Gasteiger partial charge in [0.05, 0.1) is 13.1 Å². The number of nitrogens with one attached hydrogen (secondary N) is 3. The van der Waals surface area contributed by atoms with E-state index in [2.05, 4.69) is 10.6 Å². The highest BCUT2D eigenvalue weighted by Gasteiger charge is 2.38. The number of thiophene rings is 1. The molecule has 0 aliphatic carbocycles. The summed E-state index contributed by atoms with van der Waals surface area (Å²) in [5, 5.41) is 14.8.